The minimum atomic E-state index is -0.507. The van der Waals surface area contributed by atoms with Crippen LogP contribution in [0.1, 0.15) is 31.2 Å². The fourth-order valence-corrected chi connectivity index (χ4v) is 4.80. The molecule has 31 heavy (non-hydrogen) atoms. The number of hydrogen-bond acceptors (Lipinski definition) is 4. The van der Waals surface area contributed by atoms with Gasteiger partial charge in [0.25, 0.3) is 0 Å². The summed E-state index contributed by atoms with van der Waals surface area (Å²) in [6, 6.07) is 12.4. The molecule has 1 N–H and O–H groups in total. The molecule has 2 heterocycles. The number of methoxy groups -OCH3 is 1. The number of halogens is 1. The number of likely N-dealkylation sites (tertiary alicyclic amines) is 1. The summed E-state index contributed by atoms with van der Waals surface area (Å²) in [7, 11) is 1.57. The van der Waals surface area contributed by atoms with E-state index in [1.54, 1.807) is 13.2 Å². The molecule has 166 valence electrons. The first-order valence-electron chi connectivity index (χ1n) is 11.0. The Kier molecular flexibility index (Phi) is 6.58. The van der Waals surface area contributed by atoms with Crippen molar-refractivity contribution in [3.8, 4) is 16.9 Å². The third-order valence-electron chi connectivity index (χ3n) is 6.56. The van der Waals surface area contributed by atoms with Gasteiger partial charge in [0.2, 0.25) is 5.91 Å². The van der Waals surface area contributed by atoms with Crippen molar-refractivity contribution in [3.05, 3.63) is 53.8 Å². The summed E-state index contributed by atoms with van der Waals surface area (Å²) >= 11 is 0. The molecule has 0 saturated carbocycles. The number of piperidine rings is 1. The molecule has 2 aliphatic heterocycles. The van der Waals surface area contributed by atoms with Crippen molar-refractivity contribution >= 4 is 5.91 Å². The number of amides is 1. The van der Waals surface area contributed by atoms with E-state index < -0.39 is 11.5 Å². The molecule has 5 nitrogen and oxygen atoms in total. The molecule has 2 fully saturated rings. The van der Waals surface area contributed by atoms with Crippen LogP contribution in [0.15, 0.2) is 42.5 Å². The highest BCUT2D eigenvalue weighted by atomic mass is 19.1. The summed E-state index contributed by atoms with van der Waals surface area (Å²) in [5.74, 6) is 0.440. The lowest BCUT2D eigenvalue weighted by Crippen LogP contribution is -2.52. The van der Waals surface area contributed by atoms with E-state index in [-0.39, 0.29) is 11.7 Å². The molecule has 1 unspecified atom stereocenters. The van der Waals surface area contributed by atoms with Crippen molar-refractivity contribution in [2.45, 2.75) is 38.2 Å². The summed E-state index contributed by atoms with van der Waals surface area (Å²) in [5, 5.41) is 10.0. The number of rotatable bonds is 5. The molecule has 0 aliphatic carbocycles. The molecule has 0 radical (unpaired) electrons. The highest BCUT2D eigenvalue weighted by molar-refractivity contribution is 5.83. The zero-order valence-electron chi connectivity index (χ0n) is 18.0. The monoisotopic (exact) mass is 427 g/mol. The van der Waals surface area contributed by atoms with Crippen molar-refractivity contribution < 1.29 is 23.8 Å². The lowest BCUT2D eigenvalue weighted by molar-refractivity contribution is -0.151. The van der Waals surface area contributed by atoms with Crippen LogP contribution in [-0.4, -0.2) is 55.4 Å². The highest BCUT2D eigenvalue weighted by Crippen LogP contribution is 2.38. The van der Waals surface area contributed by atoms with E-state index in [1.807, 2.05) is 29.2 Å². The Morgan fingerprint density at radius 1 is 1.23 bits per heavy atom. The molecule has 4 rings (SSSR count). The number of β-amino-alcohol motifs (C(OH)–C–C–N with tert-alkyl or cyclic N) is 1. The smallest absolute Gasteiger partial charge is 0.229 e. The van der Waals surface area contributed by atoms with Crippen LogP contribution < -0.4 is 4.74 Å². The Hall–Kier alpha value is -2.44. The first-order chi connectivity index (χ1) is 15.0. The molecule has 0 bridgehead atoms. The lowest BCUT2D eigenvalue weighted by Gasteiger charge is -2.42. The molecule has 2 saturated heterocycles. The number of ether oxygens (including phenoxy) is 2. The normalized spacial score (nSPS) is 21.0. The van der Waals surface area contributed by atoms with Gasteiger partial charge in [-0.05, 0) is 61.4 Å². The van der Waals surface area contributed by atoms with Gasteiger partial charge in [-0.15, -0.1) is 0 Å². The van der Waals surface area contributed by atoms with Gasteiger partial charge in [0.15, 0.2) is 0 Å². The van der Waals surface area contributed by atoms with E-state index in [2.05, 4.69) is 0 Å². The first-order valence-corrected chi connectivity index (χ1v) is 11.0. The van der Waals surface area contributed by atoms with Crippen LogP contribution in [0.4, 0.5) is 4.39 Å². The van der Waals surface area contributed by atoms with Gasteiger partial charge in [-0.2, -0.15) is 0 Å². The Morgan fingerprint density at radius 2 is 1.97 bits per heavy atom. The second-order valence-corrected chi connectivity index (χ2v) is 8.66. The van der Waals surface area contributed by atoms with Crippen LogP contribution in [0.25, 0.3) is 11.1 Å². The van der Waals surface area contributed by atoms with Crippen molar-refractivity contribution in [3.63, 3.8) is 0 Å². The summed E-state index contributed by atoms with van der Waals surface area (Å²) in [4.78, 5) is 15.4. The summed E-state index contributed by atoms with van der Waals surface area (Å²) < 4.78 is 24.7. The number of aliphatic hydroxyl groups excluding tert-OH is 1. The van der Waals surface area contributed by atoms with Gasteiger partial charge < -0.3 is 19.5 Å². The van der Waals surface area contributed by atoms with Gasteiger partial charge in [-0.1, -0.05) is 24.3 Å². The van der Waals surface area contributed by atoms with Crippen LogP contribution in [0, 0.1) is 11.2 Å². The summed E-state index contributed by atoms with van der Waals surface area (Å²) in [6.07, 6.45) is 3.14. The van der Waals surface area contributed by atoms with E-state index in [0.29, 0.717) is 56.9 Å². The molecular weight excluding hydrogens is 397 g/mol. The number of aliphatic hydroxyl groups is 1. The van der Waals surface area contributed by atoms with Crippen LogP contribution in [0.3, 0.4) is 0 Å². The maximum Gasteiger partial charge on any atom is 0.229 e. The van der Waals surface area contributed by atoms with Crippen LogP contribution in [-0.2, 0) is 16.0 Å². The van der Waals surface area contributed by atoms with Gasteiger partial charge in [0, 0.05) is 31.9 Å². The molecule has 2 aromatic carbocycles. The third-order valence-corrected chi connectivity index (χ3v) is 6.56. The molecule has 2 aliphatic rings. The zero-order valence-corrected chi connectivity index (χ0v) is 18.0. The average molecular weight is 428 g/mol. The van der Waals surface area contributed by atoms with Crippen LogP contribution in [0.2, 0.25) is 0 Å². The Labute approximate surface area is 182 Å². The minimum Gasteiger partial charge on any atom is -0.496 e. The van der Waals surface area contributed by atoms with Crippen molar-refractivity contribution in [1.82, 2.24) is 4.90 Å². The van der Waals surface area contributed by atoms with Crippen molar-refractivity contribution in [2.75, 3.05) is 33.4 Å². The number of carbonyl (C=O) groups excluding carboxylic acids is 1. The summed E-state index contributed by atoms with van der Waals surface area (Å²) in [6.45, 7) is 2.26. The number of carbonyl (C=O) groups is 1. The largest absolute Gasteiger partial charge is 0.496 e. The van der Waals surface area contributed by atoms with Gasteiger partial charge in [0.05, 0.1) is 18.6 Å². The van der Waals surface area contributed by atoms with E-state index in [1.165, 1.54) is 12.1 Å². The highest BCUT2D eigenvalue weighted by Gasteiger charge is 2.43. The third kappa shape index (κ3) is 4.75. The maximum absolute atomic E-state index is 13.8. The zero-order chi connectivity index (χ0) is 21.8. The van der Waals surface area contributed by atoms with Gasteiger partial charge in [-0.3, -0.25) is 4.79 Å². The quantitative estimate of drug-likeness (QED) is 0.788. The molecule has 0 spiro atoms. The predicted molar refractivity (Wildman–Crippen MR) is 116 cm³/mol. The predicted octanol–water partition coefficient (Wildman–Crippen LogP) is 3.82. The molecular formula is C25H30FNO4. The number of nitrogens with zero attached hydrogens (tertiary/aromatic N) is 1. The van der Waals surface area contributed by atoms with E-state index in [0.717, 1.165) is 24.0 Å². The van der Waals surface area contributed by atoms with E-state index >= 15 is 0 Å². The van der Waals surface area contributed by atoms with Gasteiger partial charge in [-0.25, -0.2) is 4.39 Å². The second-order valence-electron chi connectivity index (χ2n) is 8.66. The van der Waals surface area contributed by atoms with Crippen LogP contribution >= 0.6 is 0 Å². The molecule has 2 aromatic rings. The molecule has 1 amide bonds. The topological polar surface area (TPSA) is 59.0 Å². The maximum atomic E-state index is 13.8. The fourth-order valence-electron chi connectivity index (χ4n) is 4.80. The standard InChI is InChI=1S/C25H30FNO4/c1-30-23-9-8-20(26)15-22(23)19-6-4-18(5-7-19)16-25(10-13-31-14-11-25)24(29)27-12-2-3-21(28)17-27/h4-9,15,21,28H,2-3,10-14,16-17H2,1H3. The van der Waals surface area contributed by atoms with Gasteiger partial charge >= 0.3 is 0 Å². The average Bonchev–Trinajstić information content (AvgIpc) is 2.79. The fraction of sp³-hybridized carbons (Fsp3) is 0.480. The Bertz CT molecular complexity index is 908. The van der Waals surface area contributed by atoms with Crippen LogP contribution in [0.5, 0.6) is 5.75 Å². The molecule has 6 heteroatoms. The van der Waals surface area contributed by atoms with Gasteiger partial charge in [0.1, 0.15) is 11.6 Å². The molecule has 0 aromatic heterocycles. The minimum absolute atomic E-state index is 0.130. The Balaban J connectivity index is 1.57. The SMILES string of the molecule is COc1ccc(F)cc1-c1ccc(CC2(C(=O)N3CCCC(O)C3)CCOCC2)cc1. The number of benzene rings is 2. The second kappa shape index (κ2) is 9.37. The van der Waals surface area contributed by atoms with E-state index in [9.17, 15) is 14.3 Å². The first kappa shape index (κ1) is 21.8. The van der Waals surface area contributed by atoms with Crippen molar-refractivity contribution in [1.29, 1.82) is 0 Å². The molecule has 1 atom stereocenters. The van der Waals surface area contributed by atoms with Crippen molar-refractivity contribution in [2.24, 2.45) is 5.41 Å². The van der Waals surface area contributed by atoms with E-state index in [4.69, 9.17) is 9.47 Å². The number of hydrogen-bond donors (Lipinski definition) is 1. The summed E-state index contributed by atoms with van der Waals surface area (Å²) in [5.41, 5.74) is 2.12. The Morgan fingerprint density at radius 3 is 2.65 bits per heavy atom. The lowest BCUT2D eigenvalue weighted by atomic mass is 9.73.